The summed E-state index contributed by atoms with van der Waals surface area (Å²) >= 11 is 7.44. The highest BCUT2D eigenvalue weighted by Gasteiger charge is 2.33. The van der Waals surface area contributed by atoms with Gasteiger partial charge >= 0.3 is 6.18 Å². The average molecular weight is 308 g/mol. The minimum atomic E-state index is -4.16. The van der Waals surface area contributed by atoms with Gasteiger partial charge in [-0.3, -0.25) is 4.90 Å². The number of rotatable bonds is 1. The molecule has 0 fully saturated rings. The number of nitrogens with zero attached hydrogens (tertiary/aromatic N) is 3. The molecular weight excluding hydrogens is 299 g/mol. The van der Waals surface area contributed by atoms with Gasteiger partial charge < -0.3 is 0 Å². The van der Waals surface area contributed by atoms with Crippen molar-refractivity contribution >= 4 is 33.2 Å². The number of aromatic nitrogens is 2. The Morgan fingerprint density at radius 3 is 2.89 bits per heavy atom. The van der Waals surface area contributed by atoms with Gasteiger partial charge in [0, 0.05) is 18.0 Å². The topological polar surface area (TPSA) is 29.0 Å². The third-order valence-electron chi connectivity index (χ3n) is 3.07. The summed E-state index contributed by atoms with van der Waals surface area (Å²) in [5, 5.41) is 1.18. The Morgan fingerprint density at radius 1 is 1.37 bits per heavy atom. The van der Waals surface area contributed by atoms with E-state index in [1.807, 2.05) is 0 Å². The maximum absolute atomic E-state index is 12.4. The van der Waals surface area contributed by atoms with Gasteiger partial charge in [0.2, 0.25) is 0 Å². The Morgan fingerprint density at radius 2 is 2.16 bits per heavy atom. The van der Waals surface area contributed by atoms with Crippen LogP contribution < -0.4 is 0 Å². The highest BCUT2D eigenvalue weighted by atomic mass is 35.5. The molecule has 0 saturated heterocycles. The lowest BCUT2D eigenvalue weighted by atomic mass is 10.1. The van der Waals surface area contributed by atoms with Crippen molar-refractivity contribution in [3.63, 3.8) is 0 Å². The van der Waals surface area contributed by atoms with Crippen LogP contribution in [0.5, 0.6) is 0 Å². The predicted octanol–water partition coefficient (Wildman–Crippen LogP) is 3.27. The van der Waals surface area contributed by atoms with E-state index in [0.29, 0.717) is 24.7 Å². The van der Waals surface area contributed by atoms with Crippen LogP contribution in [-0.4, -0.2) is 34.1 Å². The van der Waals surface area contributed by atoms with E-state index >= 15 is 0 Å². The first kappa shape index (κ1) is 13.1. The highest BCUT2D eigenvalue weighted by molar-refractivity contribution is 7.19. The Labute approximate surface area is 116 Å². The predicted molar refractivity (Wildman–Crippen MR) is 67.5 cm³/mol. The first-order chi connectivity index (χ1) is 8.94. The molecule has 0 amide bonds. The van der Waals surface area contributed by atoms with E-state index in [0.717, 1.165) is 20.7 Å². The van der Waals surface area contributed by atoms with Crippen molar-refractivity contribution in [2.24, 2.45) is 0 Å². The first-order valence-electron chi connectivity index (χ1n) is 5.64. The summed E-state index contributed by atoms with van der Waals surface area (Å²) < 4.78 is 37.2. The molecule has 1 aliphatic heterocycles. The van der Waals surface area contributed by atoms with Crippen molar-refractivity contribution < 1.29 is 13.2 Å². The fourth-order valence-corrected chi connectivity index (χ4v) is 3.86. The van der Waals surface area contributed by atoms with E-state index in [2.05, 4.69) is 9.97 Å². The average Bonchev–Trinajstić information content (AvgIpc) is 2.65. The second-order valence-electron chi connectivity index (χ2n) is 4.42. The van der Waals surface area contributed by atoms with Crippen molar-refractivity contribution in [3.05, 3.63) is 21.9 Å². The molecule has 0 saturated carbocycles. The van der Waals surface area contributed by atoms with Crippen LogP contribution >= 0.6 is 22.9 Å². The maximum atomic E-state index is 12.4. The van der Waals surface area contributed by atoms with E-state index in [4.69, 9.17) is 11.6 Å². The monoisotopic (exact) mass is 307 g/mol. The van der Waals surface area contributed by atoms with Crippen molar-refractivity contribution in [2.75, 3.05) is 13.1 Å². The third kappa shape index (κ3) is 2.54. The molecule has 0 aromatic carbocycles. The molecule has 0 spiro atoms. The van der Waals surface area contributed by atoms with Gasteiger partial charge in [-0.15, -0.1) is 11.3 Å². The van der Waals surface area contributed by atoms with Crippen LogP contribution in [0.4, 0.5) is 13.2 Å². The van der Waals surface area contributed by atoms with Gasteiger partial charge in [-0.1, -0.05) is 11.6 Å². The van der Waals surface area contributed by atoms with Gasteiger partial charge in [-0.2, -0.15) is 13.2 Å². The van der Waals surface area contributed by atoms with Crippen molar-refractivity contribution in [2.45, 2.75) is 19.1 Å². The Bertz CT molecular complexity index is 625. The highest BCUT2D eigenvalue weighted by Crippen LogP contribution is 2.37. The Balaban J connectivity index is 1.94. The smallest absolute Gasteiger partial charge is 0.290 e. The van der Waals surface area contributed by atoms with E-state index < -0.39 is 12.7 Å². The van der Waals surface area contributed by atoms with Gasteiger partial charge in [0.15, 0.2) is 0 Å². The molecule has 19 heavy (non-hydrogen) atoms. The summed E-state index contributed by atoms with van der Waals surface area (Å²) in [5.74, 6) is 0. The molecule has 3 nitrogen and oxygen atoms in total. The second kappa shape index (κ2) is 4.57. The number of hydrogen-bond acceptors (Lipinski definition) is 4. The lowest BCUT2D eigenvalue weighted by Crippen LogP contribution is -2.37. The summed E-state index contributed by atoms with van der Waals surface area (Å²) in [7, 11) is 0. The van der Waals surface area contributed by atoms with E-state index in [1.165, 1.54) is 22.6 Å². The second-order valence-corrected chi connectivity index (χ2v) is 5.87. The molecule has 3 rings (SSSR count). The van der Waals surface area contributed by atoms with Crippen molar-refractivity contribution in [1.29, 1.82) is 0 Å². The van der Waals surface area contributed by atoms with Crippen molar-refractivity contribution in [3.8, 4) is 0 Å². The largest absolute Gasteiger partial charge is 0.401 e. The fourth-order valence-electron chi connectivity index (χ4n) is 2.33. The zero-order chi connectivity index (χ0) is 13.6. The first-order valence-corrected chi connectivity index (χ1v) is 6.83. The lowest BCUT2D eigenvalue weighted by Gasteiger charge is -2.27. The maximum Gasteiger partial charge on any atom is 0.401 e. The SMILES string of the molecule is FC(F)(F)CN1CCc2c(sc3ncnc(Cl)c23)C1. The number of thiophene rings is 1. The molecule has 2 aromatic rings. The summed E-state index contributed by atoms with van der Waals surface area (Å²) in [6.07, 6.45) is -2.23. The molecule has 0 bridgehead atoms. The van der Waals surface area contributed by atoms with E-state index in [9.17, 15) is 13.2 Å². The van der Waals surface area contributed by atoms with Gasteiger partial charge in [-0.05, 0) is 12.0 Å². The summed E-state index contributed by atoms with van der Waals surface area (Å²) in [6, 6.07) is 0. The molecule has 8 heteroatoms. The molecular formula is C11H9ClF3N3S. The van der Waals surface area contributed by atoms with Gasteiger partial charge in [0.1, 0.15) is 16.3 Å². The molecule has 0 unspecified atom stereocenters. The molecule has 2 aromatic heterocycles. The summed E-state index contributed by atoms with van der Waals surface area (Å²) in [6.45, 7) is -0.199. The Hall–Kier alpha value is -0.920. The van der Waals surface area contributed by atoms with E-state index in [1.54, 1.807) is 0 Å². The van der Waals surface area contributed by atoms with Crippen LogP contribution in [0.15, 0.2) is 6.33 Å². The molecule has 0 N–H and O–H groups in total. The van der Waals surface area contributed by atoms with Gasteiger partial charge in [0.25, 0.3) is 0 Å². The Kier molecular flexibility index (Phi) is 3.15. The normalized spacial score (nSPS) is 16.8. The van der Waals surface area contributed by atoms with Crippen LogP contribution in [0.1, 0.15) is 10.4 Å². The number of halogens is 4. The van der Waals surface area contributed by atoms with Gasteiger partial charge in [-0.25, -0.2) is 9.97 Å². The van der Waals surface area contributed by atoms with Crippen LogP contribution in [0.3, 0.4) is 0 Å². The minimum Gasteiger partial charge on any atom is -0.290 e. The van der Waals surface area contributed by atoms with Crippen molar-refractivity contribution in [1.82, 2.24) is 14.9 Å². The molecule has 1 aliphatic rings. The zero-order valence-electron chi connectivity index (χ0n) is 9.67. The third-order valence-corrected chi connectivity index (χ3v) is 4.48. The number of fused-ring (bicyclic) bond motifs is 3. The van der Waals surface area contributed by atoms with Crippen LogP contribution in [0.2, 0.25) is 5.15 Å². The van der Waals surface area contributed by atoms with Gasteiger partial charge in [0.05, 0.1) is 11.9 Å². The minimum absolute atomic E-state index is 0.298. The summed E-state index contributed by atoms with van der Waals surface area (Å²) in [4.78, 5) is 11.1. The van der Waals surface area contributed by atoms with E-state index in [-0.39, 0.29) is 0 Å². The summed E-state index contributed by atoms with van der Waals surface area (Å²) in [5.41, 5.74) is 1.00. The molecule has 0 radical (unpaired) electrons. The quantitative estimate of drug-likeness (QED) is 0.757. The fraction of sp³-hybridized carbons (Fsp3) is 0.455. The van der Waals surface area contributed by atoms with Crippen LogP contribution in [0.25, 0.3) is 10.2 Å². The molecule has 0 aliphatic carbocycles. The van der Waals surface area contributed by atoms with Crippen LogP contribution in [0, 0.1) is 0 Å². The molecule has 3 heterocycles. The number of hydrogen-bond donors (Lipinski definition) is 0. The zero-order valence-corrected chi connectivity index (χ0v) is 11.2. The number of alkyl halides is 3. The van der Waals surface area contributed by atoms with Crippen LogP contribution in [-0.2, 0) is 13.0 Å². The standard InChI is InChI=1S/C11H9ClF3N3S/c12-9-8-6-1-2-18(4-11(13,14)15)3-7(6)19-10(8)17-5-16-9/h5H,1-4H2. The lowest BCUT2D eigenvalue weighted by molar-refractivity contribution is -0.147. The molecule has 0 atom stereocenters. The molecule has 102 valence electrons.